The predicted octanol–water partition coefficient (Wildman–Crippen LogP) is 4.62. The number of amides is 2. The number of aromatic nitrogens is 2. The Morgan fingerprint density at radius 3 is 2.48 bits per heavy atom. The lowest BCUT2D eigenvalue weighted by Crippen LogP contribution is -2.19. The molecule has 0 bridgehead atoms. The van der Waals surface area contributed by atoms with E-state index in [9.17, 15) is 9.59 Å². The Bertz CT molecular complexity index is 1150. The standard InChI is InChI=1S/C21H15ClN4O3/c22-14-6-4-7-15(12-14)24-20(27)17-13-23-26(16-8-2-1-3-9-16)19(17)25-21(28)18-10-5-11-29-18/h1-13H,(H,24,27)(H,25,28). The molecule has 29 heavy (non-hydrogen) atoms. The topological polar surface area (TPSA) is 89.2 Å². The molecule has 2 heterocycles. The number of halogens is 1. The predicted molar refractivity (Wildman–Crippen MR) is 110 cm³/mol. The molecule has 0 radical (unpaired) electrons. The summed E-state index contributed by atoms with van der Waals surface area (Å²) in [5.74, 6) is -0.599. The molecule has 0 spiro atoms. The number of anilines is 2. The van der Waals surface area contributed by atoms with E-state index in [-0.39, 0.29) is 17.1 Å². The highest BCUT2D eigenvalue weighted by Crippen LogP contribution is 2.23. The fourth-order valence-electron chi connectivity index (χ4n) is 2.74. The number of hydrogen-bond donors (Lipinski definition) is 2. The minimum Gasteiger partial charge on any atom is -0.459 e. The summed E-state index contributed by atoms with van der Waals surface area (Å²) in [5.41, 5.74) is 1.40. The summed E-state index contributed by atoms with van der Waals surface area (Å²) in [6.07, 6.45) is 2.79. The third-order valence-corrected chi connectivity index (χ3v) is 4.31. The summed E-state index contributed by atoms with van der Waals surface area (Å²) in [6.45, 7) is 0. The molecule has 2 aromatic heterocycles. The summed E-state index contributed by atoms with van der Waals surface area (Å²) < 4.78 is 6.62. The first kappa shape index (κ1) is 18.5. The van der Waals surface area contributed by atoms with Gasteiger partial charge in [0.15, 0.2) is 5.76 Å². The molecule has 4 rings (SSSR count). The Morgan fingerprint density at radius 1 is 0.931 bits per heavy atom. The highest BCUT2D eigenvalue weighted by atomic mass is 35.5. The van der Waals surface area contributed by atoms with E-state index in [4.69, 9.17) is 16.0 Å². The van der Waals surface area contributed by atoms with Gasteiger partial charge in [-0.25, -0.2) is 4.68 Å². The SMILES string of the molecule is O=C(Nc1c(C(=O)Nc2cccc(Cl)c2)cnn1-c1ccccc1)c1ccco1. The first-order valence-corrected chi connectivity index (χ1v) is 9.05. The number of nitrogens with one attached hydrogen (secondary N) is 2. The minimum atomic E-state index is -0.496. The van der Waals surface area contributed by atoms with Crippen molar-refractivity contribution in [2.75, 3.05) is 10.6 Å². The maximum atomic E-state index is 12.9. The molecule has 8 heteroatoms. The fraction of sp³-hybridized carbons (Fsp3) is 0. The number of furan rings is 1. The number of benzene rings is 2. The average Bonchev–Trinajstić information content (AvgIpc) is 3.39. The molecule has 0 aliphatic carbocycles. The van der Waals surface area contributed by atoms with E-state index in [2.05, 4.69) is 15.7 Å². The van der Waals surface area contributed by atoms with E-state index in [0.717, 1.165) is 0 Å². The van der Waals surface area contributed by atoms with Gasteiger partial charge in [-0.1, -0.05) is 35.9 Å². The minimum absolute atomic E-state index is 0.118. The number of rotatable bonds is 5. The van der Waals surface area contributed by atoms with Crippen LogP contribution >= 0.6 is 11.6 Å². The average molecular weight is 407 g/mol. The monoisotopic (exact) mass is 406 g/mol. The Hall–Kier alpha value is -3.84. The van der Waals surface area contributed by atoms with Crippen LogP contribution in [0.2, 0.25) is 5.02 Å². The van der Waals surface area contributed by atoms with Crippen molar-refractivity contribution in [3.05, 3.63) is 95.5 Å². The molecule has 0 saturated heterocycles. The molecule has 0 unspecified atom stereocenters. The van der Waals surface area contributed by atoms with Crippen molar-refractivity contribution < 1.29 is 14.0 Å². The van der Waals surface area contributed by atoms with Crippen LogP contribution in [0, 0.1) is 0 Å². The van der Waals surface area contributed by atoms with Crippen molar-refractivity contribution >= 4 is 34.9 Å². The normalized spacial score (nSPS) is 10.5. The van der Waals surface area contributed by atoms with Gasteiger partial charge in [0.1, 0.15) is 11.4 Å². The van der Waals surface area contributed by atoms with Gasteiger partial charge in [-0.05, 0) is 42.5 Å². The van der Waals surface area contributed by atoms with Crippen molar-refractivity contribution in [3.8, 4) is 5.69 Å². The molecule has 0 aliphatic rings. The first-order chi connectivity index (χ1) is 14.1. The summed E-state index contributed by atoms with van der Waals surface area (Å²) in [5, 5.41) is 10.3. The lowest BCUT2D eigenvalue weighted by molar-refractivity contribution is 0.0996. The molecule has 2 N–H and O–H groups in total. The van der Waals surface area contributed by atoms with Crippen LogP contribution in [0.15, 0.2) is 83.6 Å². The van der Waals surface area contributed by atoms with E-state index < -0.39 is 11.8 Å². The molecule has 4 aromatic rings. The third kappa shape index (κ3) is 4.04. The van der Waals surface area contributed by atoms with E-state index >= 15 is 0 Å². The van der Waals surface area contributed by atoms with Crippen LogP contribution in [-0.4, -0.2) is 21.6 Å². The number of hydrogen-bond acceptors (Lipinski definition) is 4. The molecule has 0 fully saturated rings. The molecule has 2 amide bonds. The van der Waals surface area contributed by atoms with Crippen LogP contribution in [0.25, 0.3) is 5.69 Å². The number of carbonyl (C=O) groups is 2. The molecule has 0 atom stereocenters. The zero-order chi connectivity index (χ0) is 20.2. The summed E-state index contributed by atoms with van der Waals surface area (Å²) in [4.78, 5) is 25.4. The first-order valence-electron chi connectivity index (χ1n) is 8.67. The zero-order valence-corrected chi connectivity index (χ0v) is 15.8. The second-order valence-electron chi connectivity index (χ2n) is 6.05. The van der Waals surface area contributed by atoms with E-state index in [1.54, 1.807) is 30.3 Å². The Kier molecular flexibility index (Phi) is 5.13. The third-order valence-electron chi connectivity index (χ3n) is 4.07. The number of nitrogens with zero attached hydrogens (tertiary/aromatic N) is 2. The van der Waals surface area contributed by atoms with Crippen molar-refractivity contribution in [1.82, 2.24) is 9.78 Å². The van der Waals surface area contributed by atoms with E-state index in [0.29, 0.717) is 16.4 Å². The van der Waals surface area contributed by atoms with Gasteiger partial charge < -0.3 is 15.1 Å². The van der Waals surface area contributed by atoms with Gasteiger partial charge in [-0.15, -0.1) is 0 Å². The largest absolute Gasteiger partial charge is 0.459 e. The van der Waals surface area contributed by atoms with Crippen LogP contribution in [-0.2, 0) is 0 Å². The molecule has 144 valence electrons. The quantitative estimate of drug-likeness (QED) is 0.506. The van der Waals surface area contributed by atoms with Crippen LogP contribution in [0.1, 0.15) is 20.9 Å². The molecule has 0 saturated carbocycles. The fourth-order valence-corrected chi connectivity index (χ4v) is 2.93. The van der Waals surface area contributed by atoms with Gasteiger partial charge in [0, 0.05) is 10.7 Å². The second-order valence-corrected chi connectivity index (χ2v) is 6.49. The summed E-state index contributed by atoms with van der Waals surface area (Å²) in [6, 6.07) is 19.1. The Labute approximate surface area is 170 Å². The second kappa shape index (κ2) is 8.04. The van der Waals surface area contributed by atoms with Crippen LogP contribution in [0.4, 0.5) is 11.5 Å². The van der Waals surface area contributed by atoms with E-state index in [1.807, 2.05) is 30.3 Å². The van der Waals surface area contributed by atoms with Crippen molar-refractivity contribution in [2.24, 2.45) is 0 Å². The van der Waals surface area contributed by atoms with Gasteiger partial charge in [-0.2, -0.15) is 5.10 Å². The zero-order valence-electron chi connectivity index (χ0n) is 15.0. The van der Waals surface area contributed by atoms with Gasteiger partial charge in [0.2, 0.25) is 0 Å². The van der Waals surface area contributed by atoms with Gasteiger partial charge in [-0.3, -0.25) is 9.59 Å². The van der Waals surface area contributed by atoms with E-state index in [1.165, 1.54) is 23.2 Å². The highest BCUT2D eigenvalue weighted by Gasteiger charge is 2.22. The molecule has 7 nitrogen and oxygen atoms in total. The lowest BCUT2D eigenvalue weighted by Gasteiger charge is -2.11. The smallest absolute Gasteiger partial charge is 0.292 e. The van der Waals surface area contributed by atoms with Crippen LogP contribution in [0.3, 0.4) is 0 Å². The molecule has 0 aliphatic heterocycles. The lowest BCUT2D eigenvalue weighted by atomic mass is 10.2. The highest BCUT2D eigenvalue weighted by molar-refractivity contribution is 6.31. The number of carbonyl (C=O) groups excluding carboxylic acids is 2. The van der Waals surface area contributed by atoms with Crippen molar-refractivity contribution in [1.29, 1.82) is 0 Å². The van der Waals surface area contributed by atoms with Gasteiger partial charge in [0.05, 0.1) is 18.1 Å². The van der Waals surface area contributed by atoms with Crippen molar-refractivity contribution in [2.45, 2.75) is 0 Å². The van der Waals surface area contributed by atoms with Crippen LogP contribution < -0.4 is 10.6 Å². The maximum Gasteiger partial charge on any atom is 0.292 e. The summed E-state index contributed by atoms with van der Waals surface area (Å²) in [7, 11) is 0. The number of para-hydroxylation sites is 1. The summed E-state index contributed by atoms with van der Waals surface area (Å²) >= 11 is 5.98. The van der Waals surface area contributed by atoms with Gasteiger partial charge >= 0.3 is 0 Å². The molecular weight excluding hydrogens is 392 g/mol. The Balaban J connectivity index is 1.70. The molecule has 2 aromatic carbocycles. The van der Waals surface area contributed by atoms with Crippen molar-refractivity contribution in [3.63, 3.8) is 0 Å². The Morgan fingerprint density at radius 2 is 1.76 bits per heavy atom. The van der Waals surface area contributed by atoms with Crippen LogP contribution in [0.5, 0.6) is 0 Å². The maximum absolute atomic E-state index is 12.9. The van der Waals surface area contributed by atoms with Gasteiger partial charge in [0.25, 0.3) is 11.8 Å². The molecular formula is C21H15ClN4O3.